The fourth-order valence-corrected chi connectivity index (χ4v) is 2.91. The van der Waals surface area contributed by atoms with E-state index in [9.17, 15) is 14.7 Å². The Kier molecular flexibility index (Phi) is 4.42. The highest BCUT2D eigenvalue weighted by Crippen LogP contribution is 2.30. The molecular formula is C13H22N2O4. The zero-order valence-electron chi connectivity index (χ0n) is 11.1. The fourth-order valence-electron chi connectivity index (χ4n) is 2.91. The van der Waals surface area contributed by atoms with Crippen LogP contribution in [0.4, 0.5) is 0 Å². The fraction of sp³-hybridized carbons (Fsp3) is 0.846. The van der Waals surface area contributed by atoms with E-state index in [-0.39, 0.29) is 12.5 Å². The molecule has 1 amide bonds. The molecule has 0 radical (unpaired) electrons. The molecule has 1 atom stereocenters. The summed E-state index contributed by atoms with van der Waals surface area (Å²) in [4.78, 5) is 25.1. The molecular weight excluding hydrogens is 248 g/mol. The molecule has 0 aromatic carbocycles. The quantitative estimate of drug-likeness (QED) is 0.647. The lowest BCUT2D eigenvalue weighted by Gasteiger charge is -2.35. The highest BCUT2D eigenvalue weighted by molar-refractivity contribution is 5.85. The summed E-state index contributed by atoms with van der Waals surface area (Å²) in [5.41, 5.74) is -1.27. The van der Waals surface area contributed by atoms with Gasteiger partial charge in [0, 0.05) is 26.2 Å². The summed E-state index contributed by atoms with van der Waals surface area (Å²) in [6.45, 7) is 1.59. The van der Waals surface area contributed by atoms with Crippen molar-refractivity contribution < 1.29 is 19.8 Å². The number of aliphatic carboxylic acids is 1. The van der Waals surface area contributed by atoms with E-state index < -0.39 is 17.5 Å². The molecule has 1 heterocycles. The average molecular weight is 270 g/mol. The Morgan fingerprint density at radius 2 is 1.89 bits per heavy atom. The van der Waals surface area contributed by atoms with Crippen molar-refractivity contribution in [3.05, 3.63) is 0 Å². The first-order valence-electron chi connectivity index (χ1n) is 6.98. The first kappa shape index (κ1) is 14.3. The minimum Gasteiger partial charge on any atom is -0.481 e. The first-order valence-corrected chi connectivity index (χ1v) is 6.98. The van der Waals surface area contributed by atoms with Gasteiger partial charge >= 0.3 is 5.97 Å². The lowest BCUT2D eigenvalue weighted by atomic mass is 9.83. The molecule has 6 nitrogen and oxygen atoms in total. The number of nitrogens with one attached hydrogen (secondary N) is 1. The van der Waals surface area contributed by atoms with Crippen molar-refractivity contribution in [2.45, 2.75) is 37.7 Å². The normalized spacial score (nSPS) is 27.6. The number of carbonyl (C=O) groups excluding carboxylic acids is 1. The molecule has 0 unspecified atom stereocenters. The number of aliphatic hydroxyl groups is 1. The van der Waals surface area contributed by atoms with Crippen LogP contribution in [0.15, 0.2) is 0 Å². The van der Waals surface area contributed by atoms with E-state index in [4.69, 9.17) is 5.11 Å². The van der Waals surface area contributed by atoms with Gasteiger partial charge in [-0.2, -0.15) is 0 Å². The molecule has 2 fully saturated rings. The Balaban J connectivity index is 2.06. The van der Waals surface area contributed by atoms with Crippen LogP contribution in [-0.4, -0.2) is 58.8 Å². The van der Waals surface area contributed by atoms with Gasteiger partial charge in [-0.25, -0.2) is 0 Å². The van der Waals surface area contributed by atoms with Gasteiger partial charge in [-0.05, 0) is 12.8 Å². The number of nitrogens with zero attached hydrogens (tertiary/aromatic N) is 1. The second-order valence-electron chi connectivity index (χ2n) is 5.58. The molecule has 19 heavy (non-hydrogen) atoms. The van der Waals surface area contributed by atoms with E-state index in [2.05, 4.69) is 5.32 Å². The van der Waals surface area contributed by atoms with Crippen LogP contribution in [0.3, 0.4) is 0 Å². The van der Waals surface area contributed by atoms with E-state index in [1.807, 2.05) is 0 Å². The van der Waals surface area contributed by atoms with Gasteiger partial charge in [0.2, 0.25) is 0 Å². The Labute approximate surface area is 112 Å². The molecule has 108 valence electrons. The molecule has 2 aliphatic rings. The predicted octanol–water partition coefficient (Wildman–Crippen LogP) is -0.186. The lowest BCUT2D eigenvalue weighted by molar-refractivity contribution is -0.156. The molecule has 1 aliphatic carbocycles. The van der Waals surface area contributed by atoms with Crippen molar-refractivity contribution in [1.82, 2.24) is 10.2 Å². The van der Waals surface area contributed by atoms with Crippen molar-refractivity contribution >= 4 is 11.9 Å². The Bertz CT molecular complexity index is 353. The van der Waals surface area contributed by atoms with Crippen LogP contribution in [0, 0.1) is 5.92 Å². The highest BCUT2D eigenvalue weighted by Gasteiger charge is 2.41. The summed E-state index contributed by atoms with van der Waals surface area (Å²) >= 11 is 0. The second kappa shape index (κ2) is 5.88. The average Bonchev–Trinajstić information content (AvgIpc) is 2.64. The molecule has 0 aromatic rings. The Morgan fingerprint density at radius 1 is 1.21 bits per heavy atom. The topological polar surface area (TPSA) is 89.9 Å². The monoisotopic (exact) mass is 270 g/mol. The largest absolute Gasteiger partial charge is 0.481 e. The van der Waals surface area contributed by atoms with E-state index in [0.29, 0.717) is 32.5 Å². The third-order valence-electron chi connectivity index (χ3n) is 4.11. The standard InChI is InChI=1S/C13H22N2O4/c16-11(17)10-8-14-6-7-15(9-10)12(18)13(19)4-2-1-3-5-13/h10,14,19H,1-9H2,(H,16,17)/t10-/m0/s1. The molecule has 0 spiro atoms. The third-order valence-corrected chi connectivity index (χ3v) is 4.11. The molecule has 2 rings (SSSR count). The molecule has 0 bridgehead atoms. The number of carboxylic acids is 1. The summed E-state index contributed by atoms with van der Waals surface area (Å²) in [6, 6.07) is 0. The van der Waals surface area contributed by atoms with Crippen molar-refractivity contribution in [2.75, 3.05) is 26.2 Å². The number of carboxylic acid groups (broad SMARTS) is 1. The number of rotatable bonds is 2. The Morgan fingerprint density at radius 3 is 2.53 bits per heavy atom. The molecule has 1 aliphatic heterocycles. The maximum Gasteiger partial charge on any atom is 0.309 e. The van der Waals surface area contributed by atoms with Gasteiger partial charge in [0.1, 0.15) is 5.60 Å². The summed E-state index contributed by atoms with van der Waals surface area (Å²) in [5, 5.41) is 22.6. The van der Waals surface area contributed by atoms with Crippen LogP contribution in [0.25, 0.3) is 0 Å². The summed E-state index contributed by atoms with van der Waals surface area (Å²) < 4.78 is 0. The van der Waals surface area contributed by atoms with Gasteiger partial charge in [-0.3, -0.25) is 9.59 Å². The summed E-state index contributed by atoms with van der Waals surface area (Å²) in [5.74, 6) is -1.79. The van der Waals surface area contributed by atoms with Crippen LogP contribution < -0.4 is 5.32 Å². The third kappa shape index (κ3) is 3.25. The first-order chi connectivity index (χ1) is 9.03. The number of hydrogen-bond acceptors (Lipinski definition) is 4. The van der Waals surface area contributed by atoms with Gasteiger partial charge in [0.25, 0.3) is 5.91 Å². The smallest absolute Gasteiger partial charge is 0.309 e. The van der Waals surface area contributed by atoms with Crippen LogP contribution in [-0.2, 0) is 9.59 Å². The van der Waals surface area contributed by atoms with Crippen molar-refractivity contribution in [1.29, 1.82) is 0 Å². The van der Waals surface area contributed by atoms with Gasteiger partial charge in [-0.15, -0.1) is 0 Å². The van der Waals surface area contributed by atoms with Crippen LogP contribution in [0.2, 0.25) is 0 Å². The number of hydrogen-bond donors (Lipinski definition) is 3. The number of amides is 1. The number of carbonyl (C=O) groups is 2. The van der Waals surface area contributed by atoms with Crippen molar-refractivity contribution in [2.24, 2.45) is 5.92 Å². The minimum absolute atomic E-state index is 0.184. The minimum atomic E-state index is -1.27. The second-order valence-corrected chi connectivity index (χ2v) is 5.58. The van der Waals surface area contributed by atoms with Crippen LogP contribution in [0.5, 0.6) is 0 Å². The molecule has 6 heteroatoms. The summed E-state index contributed by atoms with van der Waals surface area (Å²) in [6.07, 6.45) is 3.75. The highest BCUT2D eigenvalue weighted by atomic mass is 16.4. The molecule has 0 aromatic heterocycles. The molecule has 1 saturated heterocycles. The molecule has 1 saturated carbocycles. The summed E-state index contributed by atoms with van der Waals surface area (Å²) in [7, 11) is 0. The van der Waals surface area contributed by atoms with Gasteiger partial charge in [0.05, 0.1) is 5.92 Å². The van der Waals surface area contributed by atoms with Crippen molar-refractivity contribution in [3.8, 4) is 0 Å². The zero-order chi connectivity index (χ0) is 13.9. The van der Waals surface area contributed by atoms with E-state index in [1.54, 1.807) is 0 Å². The SMILES string of the molecule is O=C(O)[C@H]1CNCCN(C(=O)C2(O)CCCCC2)C1. The van der Waals surface area contributed by atoms with E-state index >= 15 is 0 Å². The van der Waals surface area contributed by atoms with Gasteiger partial charge in [0.15, 0.2) is 0 Å². The van der Waals surface area contributed by atoms with Gasteiger partial charge in [-0.1, -0.05) is 19.3 Å². The molecule has 3 N–H and O–H groups in total. The van der Waals surface area contributed by atoms with E-state index in [0.717, 1.165) is 19.3 Å². The van der Waals surface area contributed by atoms with Crippen LogP contribution in [0.1, 0.15) is 32.1 Å². The van der Waals surface area contributed by atoms with E-state index in [1.165, 1.54) is 4.90 Å². The van der Waals surface area contributed by atoms with Crippen LogP contribution >= 0.6 is 0 Å². The Hall–Kier alpha value is -1.14. The lowest BCUT2D eigenvalue weighted by Crippen LogP contribution is -2.52. The maximum atomic E-state index is 12.5. The van der Waals surface area contributed by atoms with Gasteiger partial charge < -0.3 is 20.4 Å². The maximum absolute atomic E-state index is 12.5. The zero-order valence-corrected chi connectivity index (χ0v) is 11.1. The van der Waals surface area contributed by atoms with Crippen molar-refractivity contribution in [3.63, 3.8) is 0 Å². The predicted molar refractivity (Wildman–Crippen MR) is 68.6 cm³/mol.